The van der Waals surface area contributed by atoms with Crippen molar-refractivity contribution in [2.45, 2.75) is 0 Å². The van der Waals surface area contributed by atoms with Gasteiger partial charge in [0.25, 0.3) is 0 Å². The summed E-state index contributed by atoms with van der Waals surface area (Å²) in [6.45, 7) is 0.0486. The Bertz CT molecular complexity index is 690. The maximum Gasteiger partial charge on any atom is 0.243 e. The van der Waals surface area contributed by atoms with Crippen LogP contribution >= 0.6 is 34.8 Å². The summed E-state index contributed by atoms with van der Waals surface area (Å²) in [4.78, 5) is 21.4. The quantitative estimate of drug-likeness (QED) is 0.819. The first-order valence-electron chi connectivity index (χ1n) is 6.11. The minimum Gasteiger partial charge on any atom is -0.368 e. The smallest absolute Gasteiger partial charge is 0.243 e. The van der Waals surface area contributed by atoms with Crippen molar-refractivity contribution in [3.05, 3.63) is 39.5 Å². The molecule has 0 radical (unpaired) electrons. The molecule has 0 unspecified atom stereocenters. The van der Waals surface area contributed by atoms with E-state index in [0.717, 1.165) is 0 Å². The normalized spacial score (nSPS) is 10.4. The standard InChI is InChI=1S/C13H12Cl3N5O/c1-21(11-5-10(16)19-13(17)20-11)6-12(22)18-7-2-3-8(14)9(15)4-7/h2-5H,6H2,1H3,(H,18,22)(H2,17,19,20). The van der Waals surface area contributed by atoms with Gasteiger partial charge in [-0.3, -0.25) is 4.79 Å². The average molecular weight is 361 g/mol. The van der Waals surface area contributed by atoms with E-state index in [0.29, 0.717) is 21.6 Å². The predicted molar refractivity (Wildman–Crippen MR) is 89.8 cm³/mol. The molecule has 0 aliphatic rings. The van der Waals surface area contributed by atoms with Crippen LogP contribution in [-0.4, -0.2) is 29.5 Å². The van der Waals surface area contributed by atoms with Crippen molar-refractivity contribution in [2.24, 2.45) is 0 Å². The fourth-order valence-corrected chi connectivity index (χ4v) is 2.17. The highest BCUT2D eigenvalue weighted by Gasteiger charge is 2.11. The van der Waals surface area contributed by atoms with Gasteiger partial charge in [0.05, 0.1) is 16.6 Å². The molecule has 2 rings (SSSR count). The van der Waals surface area contributed by atoms with Crippen LogP contribution in [0.15, 0.2) is 24.3 Å². The van der Waals surface area contributed by atoms with Crippen molar-refractivity contribution in [1.29, 1.82) is 0 Å². The molecule has 116 valence electrons. The number of likely N-dealkylation sites (N-methyl/N-ethyl adjacent to an activating group) is 1. The Balaban J connectivity index is 2.03. The summed E-state index contributed by atoms with van der Waals surface area (Å²) < 4.78 is 0. The van der Waals surface area contributed by atoms with Crippen molar-refractivity contribution in [3.63, 3.8) is 0 Å². The highest BCUT2D eigenvalue weighted by atomic mass is 35.5. The first-order chi connectivity index (χ1) is 10.3. The van der Waals surface area contributed by atoms with Crippen molar-refractivity contribution >= 4 is 58.2 Å². The van der Waals surface area contributed by atoms with E-state index in [4.69, 9.17) is 40.5 Å². The van der Waals surface area contributed by atoms with Crippen molar-refractivity contribution in [3.8, 4) is 0 Å². The van der Waals surface area contributed by atoms with Gasteiger partial charge >= 0.3 is 0 Å². The molecule has 0 aliphatic carbocycles. The molecule has 0 bridgehead atoms. The number of nitrogens with two attached hydrogens (primary N) is 1. The molecule has 1 amide bonds. The largest absolute Gasteiger partial charge is 0.368 e. The number of carbonyl (C=O) groups excluding carboxylic acids is 1. The lowest BCUT2D eigenvalue weighted by Crippen LogP contribution is -2.30. The van der Waals surface area contributed by atoms with Crippen LogP contribution in [0.1, 0.15) is 0 Å². The highest BCUT2D eigenvalue weighted by Crippen LogP contribution is 2.25. The zero-order chi connectivity index (χ0) is 16.3. The molecule has 2 aromatic rings. The average Bonchev–Trinajstić information content (AvgIpc) is 2.41. The monoisotopic (exact) mass is 359 g/mol. The van der Waals surface area contributed by atoms with E-state index in [-0.39, 0.29) is 23.6 Å². The number of aromatic nitrogens is 2. The molecular formula is C13H12Cl3N5O. The van der Waals surface area contributed by atoms with E-state index in [1.54, 1.807) is 30.1 Å². The third kappa shape index (κ3) is 4.37. The molecule has 1 heterocycles. The summed E-state index contributed by atoms with van der Waals surface area (Å²) in [6.07, 6.45) is 0. The Labute approximate surface area is 142 Å². The summed E-state index contributed by atoms with van der Waals surface area (Å²) in [7, 11) is 1.69. The predicted octanol–water partition coefficient (Wildman–Crippen LogP) is 3.09. The molecule has 0 saturated heterocycles. The number of nitrogens with one attached hydrogen (secondary N) is 1. The van der Waals surface area contributed by atoms with Crippen LogP contribution < -0.4 is 16.0 Å². The molecule has 1 aromatic heterocycles. The van der Waals surface area contributed by atoms with E-state index < -0.39 is 0 Å². The minimum absolute atomic E-state index is 0.0410. The van der Waals surface area contributed by atoms with Gasteiger partial charge in [0.15, 0.2) is 0 Å². The molecule has 0 fully saturated rings. The summed E-state index contributed by atoms with van der Waals surface area (Å²) in [5.74, 6) is 0.232. The van der Waals surface area contributed by atoms with Crippen LogP contribution in [0.25, 0.3) is 0 Å². The summed E-state index contributed by atoms with van der Waals surface area (Å²) >= 11 is 17.5. The van der Waals surface area contributed by atoms with Gasteiger partial charge in [0.2, 0.25) is 11.9 Å². The number of benzene rings is 1. The molecule has 0 aliphatic heterocycles. The molecule has 0 spiro atoms. The van der Waals surface area contributed by atoms with Gasteiger partial charge in [-0.25, -0.2) is 4.98 Å². The first-order valence-corrected chi connectivity index (χ1v) is 7.24. The van der Waals surface area contributed by atoms with Crippen LogP contribution in [0.5, 0.6) is 0 Å². The number of hydrogen-bond donors (Lipinski definition) is 2. The van der Waals surface area contributed by atoms with Crippen LogP contribution in [-0.2, 0) is 4.79 Å². The van der Waals surface area contributed by atoms with Crippen molar-refractivity contribution in [2.75, 3.05) is 29.5 Å². The minimum atomic E-state index is -0.255. The van der Waals surface area contributed by atoms with E-state index in [2.05, 4.69) is 15.3 Å². The lowest BCUT2D eigenvalue weighted by atomic mass is 10.3. The second-order valence-corrected chi connectivity index (χ2v) is 5.64. The van der Waals surface area contributed by atoms with Crippen molar-refractivity contribution < 1.29 is 4.79 Å². The molecule has 0 saturated carbocycles. The Morgan fingerprint density at radius 3 is 2.59 bits per heavy atom. The molecular weight excluding hydrogens is 349 g/mol. The van der Waals surface area contributed by atoms with E-state index in [1.165, 1.54) is 6.07 Å². The molecule has 3 N–H and O–H groups in total. The molecule has 6 nitrogen and oxygen atoms in total. The number of nitrogen functional groups attached to an aromatic ring is 1. The van der Waals surface area contributed by atoms with E-state index in [1.807, 2.05) is 0 Å². The molecule has 0 atom stereocenters. The van der Waals surface area contributed by atoms with Gasteiger partial charge in [-0.1, -0.05) is 34.8 Å². The van der Waals surface area contributed by atoms with Gasteiger partial charge in [-0.15, -0.1) is 0 Å². The van der Waals surface area contributed by atoms with E-state index in [9.17, 15) is 4.79 Å². The number of halogens is 3. The number of rotatable bonds is 4. The fourth-order valence-electron chi connectivity index (χ4n) is 1.69. The topological polar surface area (TPSA) is 84.1 Å². The third-order valence-electron chi connectivity index (χ3n) is 2.67. The van der Waals surface area contributed by atoms with Gasteiger partial charge < -0.3 is 16.0 Å². The van der Waals surface area contributed by atoms with Gasteiger partial charge in [0, 0.05) is 18.8 Å². The van der Waals surface area contributed by atoms with Crippen molar-refractivity contribution in [1.82, 2.24) is 9.97 Å². The SMILES string of the molecule is CN(CC(=O)Nc1ccc(Cl)c(Cl)c1)c1cc(Cl)nc(N)n1. The molecule has 9 heteroatoms. The number of nitrogens with zero attached hydrogens (tertiary/aromatic N) is 3. The zero-order valence-electron chi connectivity index (χ0n) is 11.5. The maximum absolute atomic E-state index is 12.0. The zero-order valence-corrected chi connectivity index (χ0v) is 13.7. The molecule has 22 heavy (non-hydrogen) atoms. The fraction of sp³-hybridized carbons (Fsp3) is 0.154. The Morgan fingerprint density at radius 2 is 1.95 bits per heavy atom. The van der Waals surface area contributed by atoms with E-state index >= 15 is 0 Å². The van der Waals surface area contributed by atoms with Gasteiger partial charge in [-0.05, 0) is 18.2 Å². The number of amides is 1. The van der Waals surface area contributed by atoms with Crippen LogP contribution in [0.2, 0.25) is 15.2 Å². The second kappa shape index (κ2) is 7.00. The Kier molecular flexibility index (Phi) is 5.28. The Morgan fingerprint density at radius 1 is 1.23 bits per heavy atom. The summed E-state index contributed by atoms with van der Waals surface area (Å²) in [5, 5.41) is 3.70. The lowest BCUT2D eigenvalue weighted by Gasteiger charge is -2.18. The summed E-state index contributed by atoms with van der Waals surface area (Å²) in [6, 6.07) is 6.35. The van der Waals surface area contributed by atoms with Gasteiger partial charge in [-0.2, -0.15) is 4.98 Å². The van der Waals surface area contributed by atoms with Gasteiger partial charge in [0.1, 0.15) is 11.0 Å². The summed E-state index contributed by atoms with van der Waals surface area (Å²) in [5.41, 5.74) is 6.07. The maximum atomic E-state index is 12.0. The molecule has 1 aromatic carbocycles. The highest BCUT2D eigenvalue weighted by molar-refractivity contribution is 6.42. The lowest BCUT2D eigenvalue weighted by molar-refractivity contribution is -0.114. The number of hydrogen-bond acceptors (Lipinski definition) is 5. The van der Waals surface area contributed by atoms with Crippen LogP contribution in [0.4, 0.5) is 17.5 Å². The van der Waals surface area contributed by atoms with Crippen LogP contribution in [0, 0.1) is 0 Å². The Hall–Kier alpha value is -1.76. The number of anilines is 3. The second-order valence-electron chi connectivity index (χ2n) is 4.44. The third-order valence-corrected chi connectivity index (χ3v) is 3.61. The number of carbonyl (C=O) groups is 1. The van der Waals surface area contributed by atoms with Crippen LogP contribution in [0.3, 0.4) is 0 Å². The first kappa shape index (κ1) is 16.6.